The SMILES string of the molecule is NC(CO)c1cc(OCl)c2[nH]ccc2c1. The number of nitrogens with two attached hydrogens (primary N) is 1. The molecule has 0 aliphatic rings. The highest BCUT2D eigenvalue weighted by Gasteiger charge is 2.10. The molecule has 0 aliphatic carbocycles. The summed E-state index contributed by atoms with van der Waals surface area (Å²) in [7, 11) is 0. The Morgan fingerprint density at radius 3 is 3.00 bits per heavy atom. The summed E-state index contributed by atoms with van der Waals surface area (Å²) in [6, 6.07) is 5.08. The molecule has 2 rings (SSSR count). The van der Waals surface area contributed by atoms with E-state index in [-0.39, 0.29) is 6.61 Å². The summed E-state index contributed by atoms with van der Waals surface area (Å²) in [5.41, 5.74) is 7.33. The van der Waals surface area contributed by atoms with E-state index >= 15 is 0 Å². The maximum atomic E-state index is 8.97. The van der Waals surface area contributed by atoms with Crippen molar-refractivity contribution in [3.63, 3.8) is 0 Å². The standard InChI is InChI=1S/C10H11ClN2O2/c11-15-9-4-7(8(12)5-14)3-6-1-2-13-10(6)9/h1-4,8,13-14H,5,12H2. The first-order chi connectivity index (χ1) is 7.26. The van der Waals surface area contributed by atoms with Crippen LogP contribution >= 0.6 is 11.9 Å². The summed E-state index contributed by atoms with van der Waals surface area (Å²) in [6.45, 7) is -0.113. The van der Waals surface area contributed by atoms with E-state index in [1.54, 1.807) is 12.3 Å². The van der Waals surface area contributed by atoms with Gasteiger partial charge >= 0.3 is 0 Å². The Morgan fingerprint density at radius 2 is 2.33 bits per heavy atom. The van der Waals surface area contributed by atoms with Crippen molar-refractivity contribution < 1.29 is 9.40 Å². The monoisotopic (exact) mass is 226 g/mol. The number of fused-ring (bicyclic) bond motifs is 1. The third kappa shape index (κ3) is 1.79. The number of benzene rings is 1. The number of halogens is 1. The van der Waals surface area contributed by atoms with Gasteiger partial charge in [0.15, 0.2) is 5.75 Å². The van der Waals surface area contributed by atoms with Gasteiger partial charge in [-0.2, -0.15) is 0 Å². The van der Waals surface area contributed by atoms with Crippen molar-refractivity contribution in [3.8, 4) is 5.75 Å². The normalized spacial score (nSPS) is 13.0. The van der Waals surface area contributed by atoms with Gasteiger partial charge < -0.3 is 20.1 Å². The van der Waals surface area contributed by atoms with Crippen LogP contribution in [0.2, 0.25) is 0 Å². The maximum Gasteiger partial charge on any atom is 0.170 e. The summed E-state index contributed by atoms with van der Waals surface area (Å²) in [5, 5.41) is 9.92. The maximum absolute atomic E-state index is 8.97. The lowest BCUT2D eigenvalue weighted by Gasteiger charge is -2.10. The van der Waals surface area contributed by atoms with E-state index in [0.717, 1.165) is 16.5 Å². The first-order valence-corrected chi connectivity index (χ1v) is 4.83. The van der Waals surface area contributed by atoms with Gasteiger partial charge in [0, 0.05) is 11.6 Å². The second kappa shape index (κ2) is 4.10. The van der Waals surface area contributed by atoms with Crippen LogP contribution in [0.25, 0.3) is 10.9 Å². The lowest BCUT2D eigenvalue weighted by atomic mass is 10.1. The summed E-state index contributed by atoms with van der Waals surface area (Å²) in [6.07, 6.45) is 1.79. The molecule has 1 aromatic carbocycles. The first kappa shape index (κ1) is 10.3. The van der Waals surface area contributed by atoms with E-state index < -0.39 is 6.04 Å². The largest absolute Gasteiger partial charge is 0.394 e. The Labute approximate surface area is 91.8 Å². The minimum absolute atomic E-state index is 0.113. The van der Waals surface area contributed by atoms with Crippen molar-refractivity contribution in [1.29, 1.82) is 0 Å². The Hall–Kier alpha value is -1.23. The van der Waals surface area contributed by atoms with Crippen LogP contribution in [0.1, 0.15) is 11.6 Å². The van der Waals surface area contributed by atoms with Crippen molar-refractivity contribution in [2.75, 3.05) is 6.61 Å². The van der Waals surface area contributed by atoms with Crippen LogP contribution in [0.3, 0.4) is 0 Å². The minimum atomic E-state index is -0.421. The molecule has 1 heterocycles. The van der Waals surface area contributed by atoms with Crippen molar-refractivity contribution >= 4 is 22.8 Å². The second-order valence-electron chi connectivity index (χ2n) is 3.33. The summed E-state index contributed by atoms with van der Waals surface area (Å²) >= 11 is 5.36. The summed E-state index contributed by atoms with van der Waals surface area (Å²) < 4.78 is 4.72. The molecule has 0 fully saturated rings. The highest BCUT2D eigenvalue weighted by Crippen LogP contribution is 2.29. The van der Waals surface area contributed by atoms with E-state index in [9.17, 15) is 0 Å². The topological polar surface area (TPSA) is 71.3 Å². The molecule has 1 aromatic heterocycles. The lowest BCUT2D eigenvalue weighted by Crippen LogP contribution is -2.14. The van der Waals surface area contributed by atoms with Crippen LogP contribution in [-0.2, 0) is 0 Å². The molecule has 80 valence electrons. The van der Waals surface area contributed by atoms with Gasteiger partial charge in [0.2, 0.25) is 0 Å². The fourth-order valence-electron chi connectivity index (χ4n) is 1.54. The van der Waals surface area contributed by atoms with Gasteiger partial charge in [0.1, 0.15) is 11.9 Å². The molecule has 15 heavy (non-hydrogen) atoms. The van der Waals surface area contributed by atoms with Gasteiger partial charge in [-0.3, -0.25) is 0 Å². The van der Waals surface area contributed by atoms with Crippen molar-refractivity contribution in [1.82, 2.24) is 4.98 Å². The van der Waals surface area contributed by atoms with Gasteiger partial charge in [-0.15, -0.1) is 0 Å². The molecule has 4 nitrogen and oxygen atoms in total. The molecule has 4 N–H and O–H groups in total. The zero-order valence-corrected chi connectivity index (χ0v) is 8.66. The third-order valence-corrected chi connectivity index (χ3v) is 2.52. The van der Waals surface area contributed by atoms with Gasteiger partial charge in [-0.1, -0.05) is 0 Å². The first-order valence-electron chi connectivity index (χ1n) is 4.52. The molecule has 2 aromatic rings. The van der Waals surface area contributed by atoms with Crippen molar-refractivity contribution in [2.24, 2.45) is 5.73 Å². The van der Waals surface area contributed by atoms with E-state index in [2.05, 4.69) is 4.98 Å². The Balaban J connectivity index is 2.58. The summed E-state index contributed by atoms with van der Waals surface area (Å²) in [4.78, 5) is 3.01. The molecule has 0 saturated heterocycles. The van der Waals surface area contributed by atoms with Crippen LogP contribution < -0.4 is 10.0 Å². The van der Waals surface area contributed by atoms with Crippen LogP contribution in [0, 0.1) is 0 Å². The molecule has 0 aliphatic heterocycles. The number of nitrogens with one attached hydrogen (secondary N) is 1. The predicted octanol–water partition coefficient (Wildman–Crippen LogP) is 1.69. The number of aromatic amines is 1. The smallest absolute Gasteiger partial charge is 0.170 e. The van der Waals surface area contributed by atoms with Crippen LogP contribution in [0.15, 0.2) is 24.4 Å². The average Bonchev–Trinajstić information content (AvgIpc) is 2.74. The average molecular weight is 227 g/mol. The van der Waals surface area contributed by atoms with E-state index in [1.807, 2.05) is 12.1 Å². The van der Waals surface area contributed by atoms with E-state index in [4.69, 9.17) is 27.0 Å². The number of aromatic nitrogens is 1. The molecular weight excluding hydrogens is 216 g/mol. The Morgan fingerprint density at radius 1 is 1.53 bits per heavy atom. The number of hydrogen-bond donors (Lipinski definition) is 3. The molecular formula is C10H11ClN2O2. The van der Waals surface area contributed by atoms with Crippen LogP contribution in [0.4, 0.5) is 0 Å². The van der Waals surface area contributed by atoms with E-state index in [0.29, 0.717) is 5.75 Å². The summed E-state index contributed by atoms with van der Waals surface area (Å²) in [5.74, 6) is 0.512. The lowest BCUT2D eigenvalue weighted by molar-refractivity contribution is 0.268. The van der Waals surface area contributed by atoms with Crippen molar-refractivity contribution in [2.45, 2.75) is 6.04 Å². The fraction of sp³-hybridized carbons (Fsp3) is 0.200. The van der Waals surface area contributed by atoms with Crippen LogP contribution in [-0.4, -0.2) is 16.7 Å². The zero-order valence-electron chi connectivity index (χ0n) is 7.90. The Bertz CT molecular complexity index is 469. The Kier molecular flexibility index (Phi) is 2.81. The number of aliphatic hydroxyl groups is 1. The van der Waals surface area contributed by atoms with E-state index in [1.165, 1.54) is 0 Å². The zero-order chi connectivity index (χ0) is 10.8. The van der Waals surface area contributed by atoms with Gasteiger partial charge in [0.25, 0.3) is 0 Å². The predicted molar refractivity (Wildman–Crippen MR) is 58.8 cm³/mol. The molecule has 1 unspecified atom stereocenters. The van der Waals surface area contributed by atoms with Gasteiger partial charge in [-0.25, -0.2) is 0 Å². The highest BCUT2D eigenvalue weighted by atomic mass is 35.5. The highest BCUT2D eigenvalue weighted by molar-refractivity contribution is 6.10. The number of rotatable bonds is 3. The quantitative estimate of drug-likeness (QED) is 0.746. The molecule has 0 saturated carbocycles. The molecule has 0 amide bonds. The number of H-pyrrole nitrogens is 1. The number of aliphatic hydroxyl groups excluding tert-OH is 1. The third-order valence-electron chi connectivity index (χ3n) is 2.35. The van der Waals surface area contributed by atoms with Gasteiger partial charge in [0.05, 0.1) is 18.2 Å². The molecule has 5 heteroatoms. The fourth-order valence-corrected chi connectivity index (χ4v) is 1.66. The van der Waals surface area contributed by atoms with Crippen molar-refractivity contribution in [3.05, 3.63) is 30.0 Å². The molecule has 0 bridgehead atoms. The number of hydrogen-bond acceptors (Lipinski definition) is 3. The minimum Gasteiger partial charge on any atom is -0.394 e. The molecule has 1 atom stereocenters. The molecule has 0 radical (unpaired) electrons. The second-order valence-corrected chi connectivity index (χ2v) is 3.48. The van der Waals surface area contributed by atoms with Gasteiger partial charge in [-0.05, 0) is 23.8 Å². The van der Waals surface area contributed by atoms with Crippen LogP contribution in [0.5, 0.6) is 5.75 Å². The molecule has 0 spiro atoms.